The Labute approximate surface area is 138 Å². The second kappa shape index (κ2) is 7.87. The van der Waals surface area contributed by atoms with E-state index in [1.807, 2.05) is 0 Å². The van der Waals surface area contributed by atoms with E-state index in [9.17, 15) is 24.8 Å². The molecule has 0 bridgehead atoms. The number of hydrogen-bond acceptors (Lipinski definition) is 5. The lowest BCUT2D eigenvalue weighted by Crippen LogP contribution is -2.26. The van der Waals surface area contributed by atoms with Crippen LogP contribution < -0.4 is 10.4 Å². The number of rotatable bonds is 7. The van der Waals surface area contributed by atoms with E-state index in [0.717, 1.165) is 5.56 Å². The van der Waals surface area contributed by atoms with Crippen molar-refractivity contribution in [3.63, 3.8) is 0 Å². The molecule has 0 saturated heterocycles. The van der Waals surface area contributed by atoms with Crippen molar-refractivity contribution in [2.24, 2.45) is 0 Å². The molecule has 24 heavy (non-hydrogen) atoms. The molecule has 1 N–H and O–H groups in total. The Morgan fingerprint density at radius 3 is 2.38 bits per heavy atom. The fourth-order valence-corrected chi connectivity index (χ4v) is 2.37. The Hall–Kier alpha value is -3.22. The quantitative estimate of drug-likeness (QED) is 0.616. The smallest absolute Gasteiger partial charge is 0.271 e. The molecule has 7 nitrogen and oxygen atoms in total. The summed E-state index contributed by atoms with van der Waals surface area (Å²) in [4.78, 5) is 33.3. The molecule has 2 aromatic rings. The number of carbonyl (C=O) groups excluding carboxylic acids is 2. The number of benzene rings is 2. The molecule has 1 amide bonds. The molecule has 0 aliphatic rings. The number of nitro groups is 1. The van der Waals surface area contributed by atoms with Crippen LogP contribution in [-0.4, -0.2) is 16.8 Å². The van der Waals surface area contributed by atoms with Gasteiger partial charge in [0.25, 0.3) is 5.69 Å². The minimum Gasteiger partial charge on any atom is -0.550 e. The normalized spacial score (nSPS) is 11.5. The second-order valence-corrected chi connectivity index (χ2v) is 5.24. The summed E-state index contributed by atoms with van der Waals surface area (Å²) in [6.45, 7) is 0. The maximum absolute atomic E-state index is 12.2. The van der Waals surface area contributed by atoms with Gasteiger partial charge in [-0.3, -0.25) is 14.9 Å². The summed E-state index contributed by atoms with van der Waals surface area (Å²) < 4.78 is 0. The molecule has 0 saturated carbocycles. The first kappa shape index (κ1) is 17.1. The highest BCUT2D eigenvalue weighted by Gasteiger charge is 2.17. The van der Waals surface area contributed by atoms with Crippen LogP contribution in [-0.2, 0) is 9.59 Å². The summed E-state index contributed by atoms with van der Waals surface area (Å²) in [5, 5.41) is 24.2. The van der Waals surface area contributed by atoms with E-state index in [1.165, 1.54) is 24.3 Å². The van der Waals surface area contributed by atoms with E-state index in [1.54, 1.807) is 30.3 Å². The van der Waals surface area contributed by atoms with Crippen molar-refractivity contribution in [2.75, 3.05) is 5.32 Å². The average Bonchev–Trinajstić information content (AvgIpc) is 2.55. The fourth-order valence-electron chi connectivity index (χ4n) is 2.37. The van der Waals surface area contributed by atoms with Gasteiger partial charge >= 0.3 is 0 Å². The van der Waals surface area contributed by atoms with Gasteiger partial charge in [-0.15, -0.1) is 0 Å². The van der Waals surface area contributed by atoms with Gasteiger partial charge in [-0.1, -0.05) is 36.4 Å². The van der Waals surface area contributed by atoms with Crippen LogP contribution in [0.5, 0.6) is 0 Å². The summed E-state index contributed by atoms with van der Waals surface area (Å²) >= 11 is 0. The van der Waals surface area contributed by atoms with Crippen LogP contribution in [0.25, 0.3) is 0 Å². The van der Waals surface area contributed by atoms with Crippen molar-refractivity contribution in [1.29, 1.82) is 0 Å². The zero-order valence-corrected chi connectivity index (χ0v) is 12.7. The van der Waals surface area contributed by atoms with Gasteiger partial charge < -0.3 is 15.2 Å². The highest BCUT2D eigenvalue weighted by Crippen LogP contribution is 2.24. The number of nitrogens with one attached hydrogen (secondary N) is 1. The SMILES string of the molecule is O=C([O-])C[C@@H](CC(=O)Nc1cccc([N+](=O)[O-])c1)c1ccccc1. The van der Waals surface area contributed by atoms with E-state index in [2.05, 4.69) is 5.32 Å². The predicted molar refractivity (Wildman–Crippen MR) is 85.2 cm³/mol. The number of nitro benzene ring substituents is 1. The standard InChI is InChI=1S/C17H16N2O5/c20-16(18-14-7-4-8-15(11-14)19(23)24)9-13(10-17(21)22)12-5-2-1-3-6-12/h1-8,11,13H,9-10H2,(H,18,20)(H,21,22)/p-1/t13-/m1/s1. The Bertz CT molecular complexity index is 746. The van der Waals surface area contributed by atoms with E-state index in [4.69, 9.17) is 0 Å². The molecule has 0 radical (unpaired) electrons. The first-order valence-electron chi connectivity index (χ1n) is 7.25. The maximum atomic E-state index is 12.2. The van der Waals surface area contributed by atoms with Gasteiger partial charge in [0, 0.05) is 30.2 Å². The third kappa shape index (κ3) is 4.91. The van der Waals surface area contributed by atoms with Crippen molar-refractivity contribution >= 4 is 23.3 Å². The van der Waals surface area contributed by atoms with E-state index < -0.39 is 22.7 Å². The number of amides is 1. The molecule has 0 unspecified atom stereocenters. The Morgan fingerprint density at radius 2 is 1.75 bits per heavy atom. The predicted octanol–water partition coefficient (Wildman–Crippen LogP) is 1.85. The van der Waals surface area contributed by atoms with Crippen LogP contribution >= 0.6 is 0 Å². The second-order valence-electron chi connectivity index (χ2n) is 5.24. The molecule has 124 valence electrons. The minimum atomic E-state index is -1.24. The van der Waals surface area contributed by atoms with Gasteiger partial charge in [0.15, 0.2) is 0 Å². The first-order chi connectivity index (χ1) is 11.5. The summed E-state index contributed by atoms with van der Waals surface area (Å²) in [7, 11) is 0. The molecular formula is C17H15N2O5-. The summed E-state index contributed by atoms with van der Waals surface area (Å²) in [6.07, 6.45) is -0.354. The van der Waals surface area contributed by atoms with Crippen molar-refractivity contribution in [2.45, 2.75) is 18.8 Å². The zero-order valence-electron chi connectivity index (χ0n) is 12.7. The molecule has 7 heteroatoms. The largest absolute Gasteiger partial charge is 0.550 e. The highest BCUT2D eigenvalue weighted by atomic mass is 16.6. The van der Waals surface area contributed by atoms with E-state index in [0.29, 0.717) is 0 Å². The van der Waals surface area contributed by atoms with Crippen LogP contribution in [0.3, 0.4) is 0 Å². The van der Waals surface area contributed by atoms with Crippen molar-refractivity contribution in [3.05, 3.63) is 70.3 Å². The summed E-state index contributed by atoms with van der Waals surface area (Å²) in [5.41, 5.74) is 0.868. The lowest BCUT2D eigenvalue weighted by molar-refractivity contribution is -0.384. The van der Waals surface area contributed by atoms with Gasteiger partial charge in [-0.25, -0.2) is 0 Å². The van der Waals surface area contributed by atoms with Gasteiger partial charge in [-0.05, 0) is 24.0 Å². The molecule has 0 aliphatic carbocycles. The van der Waals surface area contributed by atoms with Crippen LogP contribution in [0.4, 0.5) is 11.4 Å². The first-order valence-corrected chi connectivity index (χ1v) is 7.25. The molecule has 0 spiro atoms. The van der Waals surface area contributed by atoms with Crippen molar-refractivity contribution in [1.82, 2.24) is 0 Å². The van der Waals surface area contributed by atoms with Crippen LogP contribution in [0.2, 0.25) is 0 Å². The van der Waals surface area contributed by atoms with Crippen molar-refractivity contribution in [3.8, 4) is 0 Å². The third-order valence-electron chi connectivity index (χ3n) is 3.46. The number of nitrogens with zero attached hydrogens (tertiary/aromatic N) is 1. The van der Waals surface area contributed by atoms with E-state index >= 15 is 0 Å². The van der Waals surface area contributed by atoms with E-state index in [-0.39, 0.29) is 24.2 Å². The summed E-state index contributed by atoms with van der Waals surface area (Å²) in [5.74, 6) is -2.20. The Kier molecular flexibility index (Phi) is 5.62. The monoisotopic (exact) mass is 327 g/mol. The van der Waals surface area contributed by atoms with Crippen LogP contribution in [0, 0.1) is 10.1 Å². The van der Waals surface area contributed by atoms with Gasteiger partial charge in [0.1, 0.15) is 0 Å². The maximum Gasteiger partial charge on any atom is 0.271 e. The lowest BCUT2D eigenvalue weighted by Gasteiger charge is -2.17. The molecule has 0 aliphatic heterocycles. The number of carboxylic acid groups (broad SMARTS) is 1. The number of aliphatic carboxylic acids is 1. The number of carboxylic acids is 1. The van der Waals surface area contributed by atoms with Gasteiger partial charge in [-0.2, -0.15) is 0 Å². The number of hydrogen-bond donors (Lipinski definition) is 1. The number of carbonyl (C=O) groups is 2. The molecule has 2 aromatic carbocycles. The Morgan fingerprint density at radius 1 is 1.04 bits per heavy atom. The highest BCUT2D eigenvalue weighted by molar-refractivity contribution is 5.91. The fraction of sp³-hybridized carbons (Fsp3) is 0.176. The van der Waals surface area contributed by atoms with Crippen molar-refractivity contribution < 1.29 is 19.6 Å². The number of anilines is 1. The topological polar surface area (TPSA) is 112 Å². The van der Waals surface area contributed by atoms with Crippen LogP contribution in [0.1, 0.15) is 24.3 Å². The Balaban J connectivity index is 2.09. The summed E-state index contributed by atoms with van der Waals surface area (Å²) in [6, 6.07) is 14.4. The number of non-ortho nitro benzene ring substituents is 1. The molecule has 0 aromatic heterocycles. The zero-order chi connectivity index (χ0) is 17.5. The molecule has 0 heterocycles. The molecular weight excluding hydrogens is 312 g/mol. The lowest BCUT2D eigenvalue weighted by atomic mass is 9.92. The average molecular weight is 327 g/mol. The van der Waals surface area contributed by atoms with Gasteiger partial charge in [0.2, 0.25) is 5.91 Å². The molecule has 0 fully saturated rings. The van der Waals surface area contributed by atoms with Gasteiger partial charge in [0.05, 0.1) is 4.92 Å². The molecule has 2 rings (SSSR count). The minimum absolute atomic E-state index is 0.0688. The van der Waals surface area contributed by atoms with Crippen LogP contribution in [0.15, 0.2) is 54.6 Å². The third-order valence-corrected chi connectivity index (χ3v) is 3.46. The molecule has 1 atom stereocenters.